The summed E-state index contributed by atoms with van der Waals surface area (Å²) in [5.74, 6) is 0.413. The van der Waals surface area contributed by atoms with Crippen molar-refractivity contribution in [2.24, 2.45) is 11.8 Å². The second kappa shape index (κ2) is 16.4. The molecule has 0 spiro atoms. The largest absolute Gasteiger partial charge is 0.494 e. The average molecular weight is 565 g/mol. The number of rotatable bonds is 16. The highest BCUT2D eigenvalue weighted by molar-refractivity contribution is 5.93. The SMILES string of the molecule is CCCC(C)CCOc1ccc(OC(=O)c2ccc(OC(=O)c3ccc(OCCC(C)CCC)cc3)cc2F)cc1. The first kappa shape index (κ1) is 31.7. The van der Waals surface area contributed by atoms with Crippen LogP contribution >= 0.6 is 0 Å². The van der Waals surface area contributed by atoms with Crippen LogP contribution in [0.3, 0.4) is 0 Å². The van der Waals surface area contributed by atoms with Crippen molar-refractivity contribution in [2.45, 2.75) is 66.2 Å². The Morgan fingerprint density at radius 1 is 0.634 bits per heavy atom. The summed E-state index contributed by atoms with van der Waals surface area (Å²) in [7, 11) is 0. The van der Waals surface area contributed by atoms with Crippen molar-refractivity contribution in [3.63, 3.8) is 0 Å². The van der Waals surface area contributed by atoms with Crippen LogP contribution in [0.1, 0.15) is 86.9 Å². The topological polar surface area (TPSA) is 71.1 Å². The summed E-state index contributed by atoms with van der Waals surface area (Å²) >= 11 is 0. The predicted octanol–water partition coefficient (Wildman–Crippen LogP) is 8.67. The lowest BCUT2D eigenvalue weighted by Crippen LogP contribution is -2.12. The number of ether oxygens (including phenoxy) is 4. The molecule has 0 aliphatic heterocycles. The lowest BCUT2D eigenvalue weighted by Gasteiger charge is -2.12. The Kier molecular flexibility index (Phi) is 12.7. The van der Waals surface area contributed by atoms with Crippen LogP contribution < -0.4 is 18.9 Å². The van der Waals surface area contributed by atoms with Crippen molar-refractivity contribution in [2.75, 3.05) is 13.2 Å². The van der Waals surface area contributed by atoms with Gasteiger partial charge in [0.25, 0.3) is 0 Å². The highest BCUT2D eigenvalue weighted by Crippen LogP contribution is 2.23. The van der Waals surface area contributed by atoms with Gasteiger partial charge in [0, 0.05) is 6.07 Å². The van der Waals surface area contributed by atoms with Crippen LogP contribution in [0.25, 0.3) is 0 Å². The van der Waals surface area contributed by atoms with Crippen LogP contribution in [-0.2, 0) is 0 Å². The summed E-state index contributed by atoms with van der Waals surface area (Å²) in [5, 5.41) is 0. The quantitative estimate of drug-likeness (QED) is 0.128. The van der Waals surface area contributed by atoms with Gasteiger partial charge in [-0.05, 0) is 85.3 Å². The standard InChI is InChI=1S/C34H41FO6/c1-5-7-24(3)19-21-38-27-11-9-26(10-12-27)33(36)41-30-17-18-31(32(35)23-30)34(37)40-29-15-13-28(14-16-29)39-22-20-25(4)8-6-2/h9-18,23-25H,5-8,19-22H2,1-4H3. The molecule has 6 nitrogen and oxygen atoms in total. The second-order valence-electron chi connectivity index (χ2n) is 10.5. The van der Waals surface area contributed by atoms with Gasteiger partial charge in [0.05, 0.1) is 24.3 Å². The average Bonchev–Trinajstić information content (AvgIpc) is 2.94. The molecule has 41 heavy (non-hydrogen) atoms. The Hall–Kier alpha value is -3.87. The molecule has 3 aromatic carbocycles. The third kappa shape index (κ3) is 10.6. The summed E-state index contributed by atoms with van der Waals surface area (Å²) < 4.78 is 36.8. The Morgan fingerprint density at radius 3 is 1.61 bits per heavy atom. The molecule has 0 aliphatic carbocycles. The molecule has 3 rings (SSSR count). The number of hydrogen-bond acceptors (Lipinski definition) is 6. The number of carbonyl (C=O) groups is 2. The molecule has 220 valence electrons. The highest BCUT2D eigenvalue weighted by atomic mass is 19.1. The molecule has 0 N–H and O–H groups in total. The van der Waals surface area contributed by atoms with Crippen molar-refractivity contribution < 1.29 is 32.9 Å². The van der Waals surface area contributed by atoms with Crippen LogP contribution in [-0.4, -0.2) is 25.2 Å². The molecule has 3 aromatic rings. The monoisotopic (exact) mass is 564 g/mol. The van der Waals surface area contributed by atoms with Gasteiger partial charge in [-0.15, -0.1) is 0 Å². The van der Waals surface area contributed by atoms with Crippen LogP contribution in [0.4, 0.5) is 4.39 Å². The van der Waals surface area contributed by atoms with Crippen LogP contribution in [0.15, 0.2) is 66.7 Å². The number of hydrogen-bond donors (Lipinski definition) is 0. The molecule has 0 fully saturated rings. The number of benzene rings is 3. The first-order valence-electron chi connectivity index (χ1n) is 14.5. The molecule has 0 saturated heterocycles. The molecule has 0 bridgehead atoms. The third-order valence-electron chi connectivity index (χ3n) is 6.82. The maximum absolute atomic E-state index is 14.7. The van der Waals surface area contributed by atoms with Gasteiger partial charge >= 0.3 is 11.9 Å². The van der Waals surface area contributed by atoms with Gasteiger partial charge in [0.15, 0.2) is 0 Å². The van der Waals surface area contributed by atoms with E-state index in [1.165, 1.54) is 25.0 Å². The minimum Gasteiger partial charge on any atom is -0.494 e. The van der Waals surface area contributed by atoms with Crippen LogP contribution in [0.2, 0.25) is 0 Å². The molecular formula is C34H41FO6. The molecule has 0 saturated carbocycles. The minimum absolute atomic E-state index is 0.0240. The van der Waals surface area contributed by atoms with E-state index in [2.05, 4.69) is 27.7 Å². The Morgan fingerprint density at radius 2 is 1.10 bits per heavy atom. The molecule has 0 aromatic heterocycles. The highest BCUT2D eigenvalue weighted by Gasteiger charge is 2.17. The number of carbonyl (C=O) groups excluding carboxylic acids is 2. The molecular weight excluding hydrogens is 523 g/mol. The van der Waals surface area contributed by atoms with Gasteiger partial charge in [0.2, 0.25) is 0 Å². The van der Waals surface area contributed by atoms with E-state index >= 15 is 0 Å². The van der Waals surface area contributed by atoms with E-state index in [0.717, 1.165) is 31.7 Å². The van der Waals surface area contributed by atoms with Gasteiger partial charge in [-0.25, -0.2) is 14.0 Å². The van der Waals surface area contributed by atoms with E-state index < -0.39 is 17.8 Å². The zero-order valence-corrected chi connectivity index (χ0v) is 24.5. The van der Waals surface area contributed by atoms with Crippen LogP contribution in [0, 0.1) is 17.7 Å². The van der Waals surface area contributed by atoms with E-state index in [9.17, 15) is 14.0 Å². The van der Waals surface area contributed by atoms with Crippen molar-refractivity contribution in [3.8, 4) is 23.0 Å². The summed E-state index contributed by atoms with van der Waals surface area (Å²) in [6, 6.07) is 16.8. The molecule has 0 radical (unpaired) electrons. The van der Waals surface area contributed by atoms with Crippen molar-refractivity contribution in [3.05, 3.63) is 83.7 Å². The van der Waals surface area contributed by atoms with Crippen molar-refractivity contribution in [1.82, 2.24) is 0 Å². The minimum atomic E-state index is -0.859. The zero-order chi connectivity index (χ0) is 29.6. The Balaban J connectivity index is 1.49. The lowest BCUT2D eigenvalue weighted by atomic mass is 10.0. The van der Waals surface area contributed by atoms with Gasteiger partial charge in [0.1, 0.15) is 28.8 Å². The van der Waals surface area contributed by atoms with E-state index in [1.807, 2.05) is 0 Å². The maximum Gasteiger partial charge on any atom is 0.346 e. The van der Waals surface area contributed by atoms with Gasteiger partial charge in [-0.3, -0.25) is 0 Å². The lowest BCUT2D eigenvalue weighted by molar-refractivity contribution is 0.0728. The fraction of sp³-hybridized carbons (Fsp3) is 0.412. The zero-order valence-electron chi connectivity index (χ0n) is 24.5. The van der Waals surface area contributed by atoms with Crippen LogP contribution in [0.5, 0.6) is 23.0 Å². The van der Waals surface area contributed by atoms with Crippen molar-refractivity contribution in [1.29, 1.82) is 0 Å². The normalized spacial score (nSPS) is 12.3. The number of esters is 2. The predicted molar refractivity (Wildman–Crippen MR) is 158 cm³/mol. The summed E-state index contributed by atoms with van der Waals surface area (Å²) in [6.45, 7) is 9.96. The van der Waals surface area contributed by atoms with E-state index in [4.69, 9.17) is 18.9 Å². The first-order valence-corrected chi connectivity index (χ1v) is 14.5. The maximum atomic E-state index is 14.7. The van der Waals surface area contributed by atoms with Gasteiger partial charge in [-0.1, -0.05) is 53.4 Å². The number of halogens is 1. The molecule has 7 heteroatoms. The smallest absolute Gasteiger partial charge is 0.346 e. The molecule has 0 heterocycles. The third-order valence-corrected chi connectivity index (χ3v) is 6.82. The summed E-state index contributed by atoms with van der Waals surface area (Å²) in [4.78, 5) is 25.1. The van der Waals surface area contributed by atoms with E-state index in [-0.39, 0.29) is 17.1 Å². The fourth-order valence-electron chi connectivity index (χ4n) is 4.37. The van der Waals surface area contributed by atoms with Gasteiger partial charge in [-0.2, -0.15) is 0 Å². The second-order valence-corrected chi connectivity index (χ2v) is 10.5. The molecule has 2 atom stereocenters. The van der Waals surface area contributed by atoms with Crippen molar-refractivity contribution >= 4 is 11.9 Å². The summed E-state index contributed by atoms with van der Waals surface area (Å²) in [6.07, 6.45) is 6.57. The Bertz CT molecular complexity index is 1240. The summed E-state index contributed by atoms with van der Waals surface area (Å²) in [5.41, 5.74) is 0.0216. The van der Waals surface area contributed by atoms with E-state index in [0.29, 0.717) is 42.1 Å². The first-order chi connectivity index (χ1) is 19.8. The Labute approximate surface area is 242 Å². The molecule has 2 unspecified atom stereocenters. The van der Waals surface area contributed by atoms with E-state index in [1.54, 1.807) is 48.5 Å². The van der Waals surface area contributed by atoms with Gasteiger partial charge < -0.3 is 18.9 Å². The molecule has 0 aliphatic rings. The fourth-order valence-corrected chi connectivity index (χ4v) is 4.37. The molecule has 0 amide bonds.